The van der Waals surface area contributed by atoms with Gasteiger partial charge in [-0.1, -0.05) is 30.3 Å². The number of hydrogen-bond donors (Lipinski definition) is 0. The summed E-state index contributed by atoms with van der Waals surface area (Å²) in [6, 6.07) is 10.0. The largest absolute Gasteiger partial charge is 0.223 e. The van der Waals surface area contributed by atoms with Crippen LogP contribution in [-0.4, -0.2) is 9.36 Å². The molecule has 3 heteroatoms. The molecule has 0 aliphatic heterocycles. The Kier molecular flexibility index (Phi) is 1.65. The van der Waals surface area contributed by atoms with Gasteiger partial charge in [-0.25, -0.2) is 4.98 Å². The van der Waals surface area contributed by atoms with E-state index in [9.17, 15) is 0 Å². The van der Waals surface area contributed by atoms with Crippen LogP contribution < -0.4 is 0 Å². The molecule has 54 valence electrons. The fourth-order valence-corrected chi connectivity index (χ4v) is 1.41. The van der Waals surface area contributed by atoms with Crippen molar-refractivity contribution in [1.29, 1.82) is 0 Å². The molecule has 0 unspecified atom stereocenters. The van der Waals surface area contributed by atoms with Gasteiger partial charge in [0, 0.05) is 5.56 Å². The van der Waals surface area contributed by atoms with Crippen LogP contribution in [0.1, 0.15) is 0 Å². The van der Waals surface area contributed by atoms with E-state index in [2.05, 4.69) is 9.36 Å². The number of nitrogens with zero attached hydrogens (tertiary/aromatic N) is 2. The average molecular weight is 163 g/mol. The third-order valence-electron chi connectivity index (χ3n) is 1.38. The molecule has 0 radical (unpaired) electrons. The molecule has 1 aromatic heterocycles. The Morgan fingerprint density at radius 1 is 1.09 bits per heavy atom. The minimum atomic E-state index is 0.977. The molecule has 0 spiro atoms. The van der Waals surface area contributed by atoms with Crippen LogP contribution in [0.3, 0.4) is 0 Å². The molecule has 0 aliphatic carbocycles. The minimum absolute atomic E-state index is 0.977. The summed E-state index contributed by atoms with van der Waals surface area (Å²) in [5.41, 5.74) is 1.13. The fourth-order valence-electron chi connectivity index (χ4n) is 0.881. The Bertz CT molecular complexity index is 315. The molecule has 0 fully saturated rings. The van der Waals surface area contributed by atoms with Gasteiger partial charge in [0.1, 0.15) is 11.3 Å². The second-order valence-electron chi connectivity index (χ2n) is 2.11. The molecule has 2 aromatic rings. The van der Waals surface area contributed by atoms with Gasteiger partial charge in [-0.2, -0.15) is 4.37 Å². The molecule has 0 saturated carbocycles. The Morgan fingerprint density at radius 3 is 2.55 bits per heavy atom. The summed E-state index contributed by atoms with van der Waals surface area (Å²) >= 11 is 1.41. The van der Waals surface area contributed by atoms with E-state index in [-0.39, 0.29) is 0 Å². The summed E-state index contributed by atoms with van der Waals surface area (Å²) in [6.45, 7) is 0. The number of benzene rings is 1. The lowest BCUT2D eigenvalue weighted by atomic mass is 10.2. The van der Waals surface area contributed by atoms with E-state index in [0.717, 1.165) is 10.6 Å². The Hall–Kier alpha value is -1.22. The highest BCUT2D eigenvalue weighted by Crippen LogP contribution is 2.18. The van der Waals surface area contributed by atoms with E-state index in [4.69, 9.17) is 0 Å². The van der Waals surface area contributed by atoms with Gasteiger partial charge in [-0.3, -0.25) is 0 Å². The van der Waals surface area contributed by atoms with Gasteiger partial charge < -0.3 is 0 Å². The lowest BCUT2D eigenvalue weighted by Gasteiger charge is -1.90. The van der Waals surface area contributed by atoms with E-state index in [1.807, 2.05) is 30.3 Å². The highest BCUT2D eigenvalue weighted by molar-refractivity contribution is 7.09. The molecule has 0 N–H and O–H groups in total. The maximum Gasteiger partial charge on any atom is 0.143 e. The third-order valence-corrected chi connectivity index (χ3v) is 2.10. The second kappa shape index (κ2) is 2.80. The van der Waals surface area contributed by atoms with E-state index in [1.54, 1.807) is 6.33 Å². The van der Waals surface area contributed by atoms with Gasteiger partial charge in [-0.05, 0) is 11.5 Å². The first-order valence-corrected chi connectivity index (χ1v) is 4.06. The summed E-state index contributed by atoms with van der Waals surface area (Å²) in [5, 5.41) is 0.977. The van der Waals surface area contributed by atoms with E-state index >= 15 is 0 Å². The zero-order valence-corrected chi connectivity index (χ0v) is 6.58. The predicted octanol–water partition coefficient (Wildman–Crippen LogP) is 2.21. The molecule has 2 rings (SSSR count). The summed E-state index contributed by atoms with van der Waals surface area (Å²) in [6.07, 6.45) is 1.58. The van der Waals surface area contributed by atoms with Crippen LogP contribution in [0, 0.1) is 0 Å². The smallest absolute Gasteiger partial charge is 0.143 e. The summed E-state index contributed by atoms with van der Waals surface area (Å²) in [7, 11) is 0. The van der Waals surface area contributed by atoms with E-state index < -0.39 is 0 Å². The summed E-state index contributed by atoms with van der Waals surface area (Å²) < 4.78 is 3.93. The van der Waals surface area contributed by atoms with Crippen molar-refractivity contribution < 1.29 is 0 Å². The Labute approximate surface area is 68.7 Å². The Morgan fingerprint density at radius 2 is 1.91 bits per heavy atom. The van der Waals surface area contributed by atoms with Crippen molar-refractivity contribution in [2.75, 3.05) is 0 Å². The van der Waals surface area contributed by atoms with Crippen LogP contribution in [0.25, 0.3) is 10.6 Å². The monoisotopic (exact) mass is 163 g/mol. The first-order chi connectivity index (χ1) is 5.47. The molecule has 0 amide bonds. The molecule has 0 bridgehead atoms. The van der Waals surface area contributed by atoms with Crippen LogP contribution in [0.5, 0.6) is 0 Å². The van der Waals surface area contributed by atoms with Crippen LogP contribution in [-0.2, 0) is 0 Å². The zero-order valence-electron chi connectivity index (χ0n) is 5.77. The van der Waals surface area contributed by atoms with Crippen LogP contribution in [0.2, 0.25) is 0 Å². The topological polar surface area (TPSA) is 25.8 Å². The maximum absolute atomic E-state index is 4.09. The van der Waals surface area contributed by atoms with Gasteiger partial charge >= 0.3 is 0 Å². The summed E-state index contributed by atoms with van der Waals surface area (Å²) in [5.74, 6) is 0. The fraction of sp³-hybridized carbons (Fsp3) is 0. The lowest BCUT2D eigenvalue weighted by Crippen LogP contribution is -1.71. The standard InChI is InChI=1S/C8H6N2S/c1-2-4-7(5-3-1)8-9-6-10-11-8/h1-6H/i9+1. The molecule has 0 aliphatic rings. The second-order valence-corrected chi connectivity index (χ2v) is 2.89. The normalized spacial score (nSPS) is 9.82. The van der Waals surface area contributed by atoms with Crippen molar-refractivity contribution in [2.24, 2.45) is 0 Å². The first-order valence-electron chi connectivity index (χ1n) is 3.29. The van der Waals surface area contributed by atoms with Crippen molar-refractivity contribution in [2.45, 2.75) is 0 Å². The molecule has 11 heavy (non-hydrogen) atoms. The average Bonchev–Trinajstić information content (AvgIpc) is 2.58. The molecular weight excluding hydrogens is 157 g/mol. The molecule has 1 heterocycles. The van der Waals surface area contributed by atoms with Gasteiger partial charge in [0.15, 0.2) is 0 Å². The van der Waals surface area contributed by atoms with Crippen molar-refractivity contribution >= 4 is 11.5 Å². The molecular formula is C8H6N2S. The van der Waals surface area contributed by atoms with Crippen molar-refractivity contribution in [1.82, 2.24) is 9.36 Å². The Balaban J connectivity index is 2.46. The van der Waals surface area contributed by atoms with Crippen LogP contribution >= 0.6 is 11.5 Å². The molecule has 1 aromatic carbocycles. The van der Waals surface area contributed by atoms with Crippen molar-refractivity contribution in [3.63, 3.8) is 0 Å². The van der Waals surface area contributed by atoms with Crippen LogP contribution in [0.4, 0.5) is 0 Å². The third kappa shape index (κ3) is 1.28. The van der Waals surface area contributed by atoms with Crippen LogP contribution in [0.15, 0.2) is 36.7 Å². The molecule has 0 atom stereocenters. The SMILES string of the molecule is c1ccc(-c2[15n]cns2)cc1. The predicted molar refractivity (Wildman–Crippen MR) is 45.3 cm³/mol. The number of hydrogen-bond acceptors (Lipinski definition) is 3. The van der Waals surface area contributed by atoms with Crippen molar-refractivity contribution in [3.8, 4) is 10.6 Å². The summed E-state index contributed by atoms with van der Waals surface area (Å²) in [4.78, 5) is 4.09. The van der Waals surface area contributed by atoms with Gasteiger partial charge in [0.25, 0.3) is 0 Å². The minimum Gasteiger partial charge on any atom is -0.223 e. The maximum atomic E-state index is 4.09. The van der Waals surface area contributed by atoms with Gasteiger partial charge in [0.05, 0.1) is 0 Å². The highest BCUT2D eigenvalue weighted by Gasteiger charge is 1.97. The quantitative estimate of drug-likeness (QED) is 0.644. The molecule has 0 saturated heterocycles. The molecule has 2 nitrogen and oxygen atoms in total. The number of rotatable bonds is 1. The highest BCUT2D eigenvalue weighted by atomic mass is 32.1. The van der Waals surface area contributed by atoms with Crippen molar-refractivity contribution in [3.05, 3.63) is 36.7 Å². The van der Waals surface area contributed by atoms with E-state index in [0.29, 0.717) is 0 Å². The lowest BCUT2D eigenvalue weighted by molar-refractivity contribution is 1.33. The zero-order chi connectivity index (χ0) is 7.52. The van der Waals surface area contributed by atoms with E-state index in [1.165, 1.54) is 11.5 Å². The number of aromatic nitrogens is 2. The first kappa shape index (κ1) is 6.49. The van der Waals surface area contributed by atoms with Gasteiger partial charge in [-0.15, -0.1) is 0 Å². The van der Waals surface area contributed by atoms with Gasteiger partial charge in [0.2, 0.25) is 0 Å².